The Balaban J connectivity index is 2.08. The predicted octanol–water partition coefficient (Wildman–Crippen LogP) is 2.87. The SMILES string of the molecule is CC(COc1cccc2c1CCCC2)C(N)=S. The fraction of sp³-hybridized carbons (Fsp3) is 0.500. The summed E-state index contributed by atoms with van der Waals surface area (Å²) in [6.07, 6.45) is 4.86. The second kappa shape index (κ2) is 5.50. The molecule has 1 aliphatic rings. The number of nitrogens with two attached hydrogens (primary N) is 1. The van der Waals surface area contributed by atoms with Crippen molar-refractivity contribution in [3.05, 3.63) is 29.3 Å². The first-order valence-electron chi connectivity index (χ1n) is 6.21. The van der Waals surface area contributed by atoms with Gasteiger partial charge in [0.25, 0.3) is 0 Å². The van der Waals surface area contributed by atoms with Crippen LogP contribution in [0.5, 0.6) is 5.75 Å². The van der Waals surface area contributed by atoms with Gasteiger partial charge in [0, 0.05) is 5.92 Å². The monoisotopic (exact) mass is 249 g/mol. The Morgan fingerprint density at radius 2 is 2.18 bits per heavy atom. The molecule has 0 amide bonds. The average molecular weight is 249 g/mol. The van der Waals surface area contributed by atoms with Crippen molar-refractivity contribution in [1.29, 1.82) is 0 Å². The van der Waals surface area contributed by atoms with Gasteiger partial charge in [-0.05, 0) is 42.9 Å². The highest BCUT2D eigenvalue weighted by Crippen LogP contribution is 2.29. The lowest BCUT2D eigenvalue weighted by atomic mass is 9.91. The number of thiocarbonyl (C=S) groups is 1. The second-order valence-corrected chi connectivity index (χ2v) is 5.19. The van der Waals surface area contributed by atoms with Crippen LogP contribution in [0, 0.1) is 5.92 Å². The number of ether oxygens (including phenoxy) is 1. The molecule has 1 atom stereocenters. The molecule has 0 aromatic heterocycles. The minimum absolute atomic E-state index is 0.129. The number of benzene rings is 1. The van der Waals surface area contributed by atoms with Crippen LogP contribution in [0.3, 0.4) is 0 Å². The Morgan fingerprint density at radius 1 is 1.41 bits per heavy atom. The molecule has 1 aromatic rings. The van der Waals surface area contributed by atoms with E-state index in [0.29, 0.717) is 11.6 Å². The van der Waals surface area contributed by atoms with Crippen molar-refractivity contribution < 1.29 is 4.74 Å². The van der Waals surface area contributed by atoms with Crippen molar-refractivity contribution >= 4 is 17.2 Å². The van der Waals surface area contributed by atoms with Gasteiger partial charge in [0.15, 0.2) is 0 Å². The van der Waals surface area contributed by atoms with Crippen LogP contribution in [-0.4, -0.2) is 11.6 Å². The molecular weight excluding hydrogens is 230 g/mol. The highest BCUT2D eigenvalue weighted by Gasteiger charge is 2.14. The first kappa shape index (κ1) is 12.4. The molecule has 0 heterocycles. The average Bonchev–Trinajstić information content (AvgIpc) is 2.35. The van der Waals surface area contributed by atoms with Gasteiger partial charge in [-0.15, -0.1) is 0 Å². The van der Waals surface area contributed by atoms with Crippen molar-refractivity contribution in [3.63, 3.8) is 0 Å². The van der Waals surface area contributed by atoms with Gasteiger partial charge in [0.1, 0.15) is 5.75 Å². The van der Waals surface area contributed by atoms with Gasteiger partial charge in [-0.2, -0.15) is 0 Å². The van der Waals surface area contributed by atoms with Crippen LogP contribution in [-0.2, 0) is 12.8 Å². The predicted molar refractivity (Wildman–Crippen MR) is 74.5 cm³/mol. The largest absolute Gasteiger partial charge is 0.493 e. The maximum Gasteiger partial charge on any atom is 0.122 e. The maximum absolute atomic E-state index is 5.86. The number of aryl methyl sites for hydroxylation is 1. The van der Waals surface area contributed by atoms with Crippen LogP contribution >= 0.6 is 12.2 Å². The smallest absolute Gasteiger partial charge is 0.122 e. The zero-order valence-electron chi connectivity index (χ0n) is 10.2. The highest BCUT2D eigenvalue weighted by atomic mass is 32.1. The summed E-state index contributed by atoms with van der Waals surface area (Å²) in [5.41, 5.74) is 8.41. The number of rotatable bonds is 4. The summed E-state index contributed by atoms with van der Waals surface area (Å²) >= 11 is 4.95. The standard InChI is InChI=1S/C14H19NOS/c1-10(14(15)17)9-16-13-8-4-6-11-5-2-3-7-12(11)13/h4,6,8,10H,2-3,5,7,9H2,1H3,(H2,15,17). The van der Waals surface area contributed by atoms with Gasteiger partial charge in [-0.3, -0.25) is 0 Å². The molecule has 0 spiro atoms. The molecule has 0 fully saturated rings. The molecule has 92 valence electrons. The Morgan fingerprint density at radius 3 is 2.94 bits per heavy atom. The Bertz CT molecular complexity index is 417. The molecule has 0 bridgehead atoms. The van der Waals surface area contributed by atoms with E-state index in [9.17, 15) is 0 Å². The van der Waals surface area contributed by atoms with E-state index in [-0.39, 0.29) is 5.92 Å². The van der Waals surface area contributed by atoms with Gasteiger partial charge in [0.2, 0.25) is 0 Å². The molecular formula is C14H19NOS. The van der Waals surface area contributed by atoms with E-state index in [1.54, 1.807) is 0 Å². The molecule has 3 heteroatoms. The van der Waals surface area contributed by atoms with E-state index in [4.69, 9.17) is 22.7 Å². The number of hydrogen-bond donors (Lipinski definition) is 1. The number of hydrogen-bond acceptors (Lipinski definition) is 2. The van der Waals surface area contributed by atoms with Gasteiger partial charge < -0.3 is 10.5 Å². The fourth-order valence-electron chi connectivity index (χ4n) is 2.18. The van der Waals surface area contributed by atoms with E-state index in [0.717, 1.165) is 12.2 Å². The molecule has 0 radical (unpaired) electrons. The van der Waals surface area contributed by atoms with E-state index >= 15 is 0 Å². The Kier molecular flexibility index (Phi) is 4.00. The zero-order chi connectivity index (χ0) is 12.3. The van der Waals surface area contributed by atoms with E-state index in [2.05, 4.69) is 18.2 Å². The Hall–Kier alpha value is -1.09. The lowest BCUT2D eigenvalue weighted by Crippen LogP contribution is -2.24. The molecule has 2 N–H and O–H groups in total. The van der Waals surface area contributed by atoms with E-state index < -0.39 is 0 Å². The van der Waals surface area contributed by atoms with Gasteiger partial charge >= 0.3 is 0 Å². The molecule has 1 aliphatic carbocycles. The summed E-state index contributed by atoms with van der Waals surface area (Å²) < 4.78 is 5.86. The third-order valence-corrected chi connectivity index (χ3v) is 3.73. The first-order chi connectivity index (χ1) is 8.18. The van der Waals surface area contributed by atoms with Crippen LogP contribution in [0.15, 0.2) is 18.2 Å². The van der Waals surface area contributed by atoms with Crippen molar-refractivity contribution in [1.82, 2.24) is 0 Å². The van der Waals surface area contributed by atoms with Crippen LogP contribution < -0.4 is 10.5 Å². The van der Waals surface area contributed by atoms with Crippen molar-refractivity contribution in [2.24, 2.45) is 11.7 Å². The lowest BCUT2D eigenvalue weighted by Gasteiger charge is -2.20. The fourth-order valence-corrected chi connectivity index (χ4v) is 2.25. The lowest BCUT2D eigenvalue weighted by molar-refractivity contribution is 0.289. The third kappa shape index (κ3) is 2.97. The van der Waals surface area contributed by atoms with Crippen LogP contribution in [0.1, 0.15) is 30.9 Å². The normalized spacial score (nSPS) is 16.1. The molecule has 0 saturated carbocycles. The molecule has 0 saturated heterocycles. The molecule has 2 nitrogen and oxygen atoms in total. The summed E-state index contributed by atoms with van der Waals surface area (Å²) in [5.74, 6) is 1.15. The van der Waals surface area contributed by atoms with Gasteiger partial charge in [-0.1, -0.05) is 31.3 Å². The van der Waals surface area contributed by atoms with E-state index in [1.807, 2.05) is 6.92 Å². The minimum Gasteiger partial charge on any atom is -0.493 e. The zero-order valence-corrected chi connectivity index (χ0v) is 11.1. The van der Waals surface area contributed by atoms with Crippen molar-refractivity contribution in [3.8, 4) is 5.75 Å². The van der Waals surface area contributed by atoms with Gasteiger partial charge in [0.05, 0.1) is 11.6 Å². The topological polar surface area (TPSA) is 35.2 Å². The van der Waals surface area contributed by atoms with E-state index in [1.165, 1.54) is 30.4 Å². The first-order valence-corrected chi connectivity index (χ1v) is 6.62. The molecule has 1 unspecified atom stereocenters. The molecule has 2 rings (SSSR count). The molecule has 1 aromatic carbocycles. The highest BCUT2D eigenvalue weighted by molar-refractivity contribution is 7.80. The van der Waals surface area contributed by atoms with Crippen molar-refractivity contribution in [2.45, 2.75) is 32.6 Å². The summed E-state index contributed by atoms with van der Waals surface area (Å²) in [7, 11) is 0. The van der Waals surface area contributed by atoms with Crippen LogP contribution in [0.4, 0.5) is 0 Å². The molecule has 17 heavy (non-hydrogen) atoms. The third-order valence-electron chi connectivity index (χ3n) is 3.33. The van der Waals surface area contributed by atoms with Crippen LogP contribution in [0.2, 0.25) is 0 Å². The van der Waals surface area contributed by atoms with Gasteiger partial charge in [-0.25, -0.2) is 0 Å². The van der Waals surface area contributed by atoms with Crippen LogP contribution in [0.25, 0.3) is 0 Å². The summed E-state index contributed by atoms with van der Waals surface area (Å²) in [5, 5.41) is 0. The minimum atomic E-state index is 0.129. The number of fused-ring (bicyclic) bond motifs is 1. The Labute approximate surface area is 108 Å². The maximum atomic E-state index is 5.86. The summed E-state index contributed by atoms with van der Waals surface area (Å²) in [4.78, 5) is 0.523. The summed E-state index contributed by atoms with van der Waals surface area (Å²) in [6.45, 7) is 2.57. The molecule has 0 aliphatic heterocycles. The summed E-state index contributed by atoms with van der Waals surface area (Å²) in [6, 6.07) is 6.33. The second-order valence-electron chi connectivity index (χ2n) is 4.72. The quantitative estimate of drug-likeness (QED) is 0.833. The van der Waals surface area contributed by atoms with Crippen molar-refractivity contribution in [2.75, 3.05) is 6.61 Å².